The van der Waals surface area contributed by atoms with Gasteiger partial charge in [0.15, 0.2) is 11.6 Å². The Labute approximate surface area is 100 Å². The van der Waals surface area contributed by atoms with Gasteiger partial charge in [-0.05, 0) is 27.6 Å². The average molecular weight is 293 g/mol. The van der Waals surface area contributed by atoms with Crippen molar-refractivity contribution in [1.82, 2.24) is 0 Å². The molecule has 5 heteroatoms. The second-order valence-electron chi connectivity index (χ2n) is 4.18. The minimum absolute atomic E-state index is 0.0277. The lowest BCUT2D eigenvalue weighted by molar-refractivity contribution is -0.138. The van der Waals surface area contributed by atoms with E-state index in [0.29, 0.717) is 0 Å². The first kappa shape index (κ1) is 13.1. The summed E-state index contributed by atoms with van der Waals surface area (Å²) in [6.07, 6.45) is -0.259. The average Bonchev–Trinajstić information content (AvgIpc) is 2.11. The first-order valence-corrected chi connectivity index (χ1v) is 5.41. The zero-order valence-corrected chi connectivity index (χ0v) is 10.4. The number of halogens is 3. The van der Waals surface area contributed by atoms with Gasteiger partial charge >= 0.3 is 5.97 Å². The molecule has 0 amide bonds. The van der Waals surface area contributed by atoms with Crippen LogP contribution in [0.15, 0.2) is 16.6 Å². The van der Waals surface area contributed by atoms with Gasteiger partial charge < -0.3 is 5.11 Å². The summed E-state index contributed by atoms with van der Waals surface area (Å²) in [6, 6.07) is 2.77. The quantitative estimate of drug-likeness (QED) is 0.866. The maximum Gasteiger partial charge on any atom is 0.304 e. The summed E-state index contributed by atoms with van der Waals surface area (Å²) in [7, 11) is 0. The molecule has 2 nitrogen and oxygen atoms in total. The van der Waals surface area contributed by atoms with Crippen LogP contribution < -0.4 is 0 Å². The lowest BCUT2D eigenvalue weighted by Gasteiger charge is -2.23. The van der Waals surface area contributed by atoms with Gasteiger partial charge in [-0.25, -0.2) is 8.78 Å². The van der Waals surface area contributed by atoms with Crippen LogP contribution in [0.5, 0.6) is 0 Å². The predicted molar refractivity (Wildman–Crippen MR) is 59.3 cm³/mol. The van der Waals surface area contributed by atoms with Crippen molar-refractivity contribution in [2.45, 2.75) is 25.7 Å². The number of rotatable bonds is 3. The van der Waals surface area contributed by atoms with Crippen molar-refractivity contribution < 1.29 is 18.7 Å². The molecule has 0 radical (unpaired) electrons. The second kappa shape index (κ2) is 4.49. The van der Waals surface area contributed by atoms with Crippen molar-refractivity contribution in [3.8, 4) is 0 Å². The first-order valence-electron chi connectivity index (χ1n) is 4.61. The molecule has 0 aliphatic heterocycles. The minimum Gasteiger partial charge on any atom is -0.481 e. The Balaban J connectivity index is 3.23. The van der Waals surface area contributed by atoms with Crippen LogP contribution in [0.3, 0.4) is 0 Å². The van der Waals surface area contributed by atoms with E-state index in [1.807, 2.05) is 0 Å². The number of benzene rings is 1. The van der Waals surface area contributed by atoms with Gasteiger partial charge in [-0.1, -0.05) is 19.9 Å². The molecule has 0 saturated carbocycles. The summed E-state index contributed by atoms with van der Waals surface area (Å²) in [4.78, 5) is 10.6. The molecule has 0 spiro atoms. The SMILES string of the molecule is CC(C)(CC(=O)O)c1ccc(Br)c(F)c1F. The molecule has 1 rings (SSSR count). The van der Waals surface area contributed by atoms with Crippen LogP contribution >= 0.6 is 15.9 Å². The molecule has 0 fully saturated rings. The zero-order chi connectivity index (χ0) is 12.5. The van der Waals surface area contributed by atoms with Crippen molar-refractivity contribution in [2.75, 3.05) is 0 Å². The van der Waals surface area contributed by atoms with Crippen LogP contribution in [0, 0.1) is 11.6 Å². The fourth-order valence-electron chi connectivity index (χ4n) is 1.52. The van der Waals surface area contributed by atoms with E-state index in [0.717, 1.165) is 0 Å². The molecule has 0 unspecified atom stereocenters. The summed E-state index contributed by atoms with van der Waals surface area (Å²) in [5, 5.41) is 8.70. The van der Waals surface area contributed by atoms with Gasteiger partial charge in [0.25, 0.3) is 0 Å². The zero-order valence-electron chi connectivity index (χ0n) is 8.85. The van der Waals surface area contributed by atoms with Gasteiger partial charge in [0.1, 0.15) is 0 Å². The molecule has 0 aliphatic rings. The normalized spacial score (nSPS) is 11.6. The fraction of sp³-hybridized carbons (Fsp3) is 0.364. The molecule has 1 aromatic carbocycles. The Kier molecular flexibility index (Phi) is 3.68. The third-order valence-electron chi connectivity index (χ3n) is 2.36. The van der Waals surface area contributed by atoms with Gasteiger partial charge in [0.2, 0.25) is 0 Å². The third-order valence-corrected chi connectivity index (χ3v) is 2.97. The Morgan fingerprint density at radius 3 is 2.44 bits per heavy atom. The van der Waals surface area contributed by atoms with E-state index in [-0.39, 0.29) is 16.5 Å². The summed E-state index contributed by atoms with van der Waals surface area (Å²) in [5.74, 6) is -3.04. The maximum absolute atomic E-state index is 13.6. The highest BCUT2D eigenvalue weighted by Gasteiger charge is 2.29. The monoisotopic (exact) mass is 292 g/mol. The maximum atomic E-state index is 13.6. The lowest BCUT2D eigenvalue weighted by atomic mass is 9.81. The molecule has 1 aromatic rings. The molecule has 0 bridgehead atoms. The van der Waals surface area contributed by atoms with E-state index in [9.17, 15) is 13.6 Å². The molecule has 16 heavy (non-hydrogen) atoms. The topological polar surface area (TPSA) is 37.3 Å². The second-order valence-corrected chi connectivity index (χ2v) is 5.03. The first-order chi connectivity index (χ1) is 7.25. The molecule has 0 aromatic heterocycles. The lowest BCUT2D eigenvalue weighted by Crippen LogP contribution is -2.23. The van der Waals surface area contributed by atoms with Gasteiger partial charge in [0, 0.05) is 5.41 Å². The molecule has 1 N–H and O–H groups in total. The summed E-state index contributed by atoms with van der Waals surface area (Å²) < 4.78 is 26.9. The van der Waals surface area contributed by atoms with Crippen molar-refractivity contribution in [3.05, 3.63) is 33.8 Å². The van der Waals surface area contributed by atoms with Crippen LogP contribution in [0.1, 0.15) is 25.8 Å². The largest absolute Gasteiger partial charge is 0.481 e. The molecular weight excluding hydrogens is 282 g/mol. The van der Waals surface area contributed by atoms with Crippen LogP contribution in [0.25, 0.3) is 0 Å². The van der Waals surface area contributed by atoms with Crippen LogP contribution in [0.2, 0.25) is 0 Å². The Morgan fingerprint density at radius 2 is 1.94 bits per heavy atom. The number of carboxylic acid groups (broad SMARTS) is 1. The molecular formula is C11H11BrF2O2. The van der Waals surface area contributed by atoms with E-state index in [1.54, 1.807) is 13.8 Å². The van der Waals surface area contributed by atoms with Gasteiger partial charge in [-0.15, -0.1) is 0 Å². The number of carbonyl (C=O) groups is 1. The Morgan fingerprint density at radius 1 is 1.38 bits per heavy atom. The van der Waals surface area contributed by atoms with Gasteiger partial charge in [-0.3, -0.25) is 4.79 Å². The standard InChI is InChI=1S/C11H11BrF2O2/c1-11(2,5-8(15)16)6-3-4-7(12)10(14)9(6)13/h3-4H,5H2,1-2H3,(H,15,16). The molecule has 0 saturated heterocycles. The Bertz CT molecular complexity index is 430. The van der Waals surface area contributed by atoms with E-state index < -0.39 is 23.0 Å². The van der Waals surface area contributed by atoms with Crippen molar-refractivity contribution in [3.63, 3.8) is 0 Å². The number of aliphatic carboxylic acids is 1. The van der Waals surface area contributed by atoms with E-state index >= 15 is 0 Å². The smallest absolute Gasteiger partial charge is 0.304 e. The van der Waals surface area contributed by atoms with Crippen molar-refractivity contribution in [1.29, 1.82) is 0 Å². The minimum atomic E-state index is -1.05. The number of hydrogen-bond acceptors (Lipinski definition) is 1. The van der Waals surface area contributed by atoms with E-state index in [4.69, 9.17) is 5.11 Å². The summed E-state index contributed by atoms with van der Waals surface area (Å²) >= 11 is 2.87. The highest BCUT2D eigenvalue weighted by molar-refractivity contribution is 9.10. The molecule has 88 valence electrons. The highest BCUT2D eigenvalue weighted by atomic mass is 79.9. The number of carboxylic acids is 1. The molecule has 0 aliphatic carbocycles. The fourth-order valence-corrected chi connectivity index (χ4v) is 1.83. The highest BCUT2D eigenvalue weighted by Crippen LogP contribution is 2.32. The van der Waals surface area contributed by atoms with Crippen molar-refractivity contribution >= 4 is 21.9 Å². The molecule has 0 atom stereocenters. The van der Waals surface area contributed by atoms with Crippen LogP contribution in [-0.4, -0.2) is 11.1 Å². The Hall–Kier alpha value is -0.970. The van der Waals surface area contributed by atoms with Gasteiger partial charge in [-0.2, -0.15) is 0 Å². The van der Waals surface area contributed by atoms with Crippen molar-refractivity contribution in [2.24, 2.45) is 0 Å². The molecule has 0 heterocycles. The summed E-state index contributed by atoms with van der Waals surface area (Å²) in [6.45, 7) is 3.12. The summed E-state index contributed by atoms with van der Waals surface area (Å²) in [5.41, 5.74) is -0.882. The predicted octanol–water partition coefficient (Wildman–Crippen LogP) is 3.48. The number of hydrogen-bond donors (Lipinski definition) is 1. The van der Waals surface area contributed by atoms with Gasteiger partial charge in [0.05, 0.1) is 10.9 Å². The van der Waals surface area contributed by atoms with Crippen LogP contribution in [-0.2, 0) is 10.2 Å². The van der Waals surface area contributed by atoms with E-state index in [1.165, 1.54) is 12.1 Å². The third kappa shape index (κ3) is 2.58. The van der Waals surface area contributed by atoms with E-state index in [2.05, 4.69) is 15.9 Å². The van der Waals surface area contributed by atoms with Crippen LogP contribution in [0.4, 0.5) is 8.78 Å².